The van der Waals surface area contributed by atoms with E-state index in [4.69, 9.17) is 9.47 Å². The molecule has 2 aliphatic rings. The Kier molecular flexibility index (Phi) is 6.21. The third kappa shape index (κ3) is 4.18. The molecule has 0 radical (unpaired) electrons. The van der Waals surface area contributed by atoms with Crippen LogP contribution in [0.15, 0.2) is 18.2 Å². The molecule has 2 aliphatic heterocycles. The fraction of sp³-hybridized carbons (Fsp3) is 0.600. The number of carbonyl (C=O) groups excluding carboxylic acids is 2. The van der Waals surface area contributed by atoms with Gasteiger partial charge in [-0.05, 0) is 32.0 Å². The summed E-state index contributed by atoms with van der Waals surface area (Å²) >= 11 is 0. The summed E-state index contributed by atoms with van der Waals surface area (Å²) in [6, 6.07) is 5.49. The van der Waals surface area contributed by atoms with E-state index < -0.39 is 0 Å². The van der Waals surface area contributed by atoms with E-state index in [1.54, 1.807) is 0 Å². The molecule has 1 aromatic carbocycles. The molecule has 27 heavy (non-hydrogen) atoms. The van der Waals surface area contributed by atoms with Crippen molar-refractivity contribution >= 4 is 17.5 Å². The zero-order chi connectivity index (χ0) is 19.4. The molecule has 1 aromatic rings. The summed E-state index contributed by atoms with van der Waals surface area (Å²) in [7, 11) is 1.96. The SMILES string of the molecule is CCN(CC)C(=O)C[C@H]1COc2ccc(C(=O)N3CCOCC3)cc2N1C. The Labute approximate surface area is 160 Å². The summed E-state index contributed by atoms with van der Waals surface area (Å²) in [6.07, 6.45) is 0.402. The molecule has 0 spiro atoms. The van der Waals surface area contributed by atoms with Crippen LogP contribution < -0.4 is 9.64 Å². The van der Waals surface area contributed by atoms with Crippen molar-refractivity contribution in [3.05, 3.63) is 23.8 Å². The molecule has 1 fully saturated rings. The predicted octanol–water partition coefficient (Wildman–Crippen LogP) is 1.61. The Bertz CT molecular complexity index is 684. The van der Waals surface area contributed by atoms with Gasteiger partial charge >= 0.3 is 0 Å². The molecule has 0 aliphatic carbocycles. The predicted molar refractivity (Wildman–Crippen MR) is 103 cm³/mol. The fourth-order valence-corrected chi connectivity index (χ4v) is 3.59. The van der Waals surface area contributed by atoms with E-state index in [0.717, 1.165) is 11.4 Å². The van der Waals surface area contributed by atoms with Gasteiger partial charge in [0, 0.05) is 38.8 Å². The highest BCUT2D eigenvalue weighted by Gasteiger charge is 2.29. The molecule has 0 bridgehead atoms. The maximum absolute atomic E-state index is 12.8. The summed E-state index contributed by atoms with van der Waals surface area (Å²) in [5, 5.41) is 0. The molecule has 1 atom stereocenters. The lowest BCUT2D eigenvalue weighted by Crippen LogP contribution is -2.45. The topological polar surface area (TPSA) is 62.3 Å². The Hall–Kier alpha value is -2.28. The van der Waals surface area contributed by atoms with E-state index in [-0.39, 0.29) is 17.9 Å². The highest BCUT2D eigenvalue weighted by molar-refractivity contribution is 5.96. The summed E-state index contributed by atoms with van der Waals surface area (Å²) in [4.78, 5) is 31.0. The Balaban J connectivity index is 1.74. The second-order valence-corrected chi connectivity index (χ2v) is 6.93. The van der Waals surface area contributed by atoms with Crippen molar-refractivity contribution in [2.24, 2.45) is 0 Å². The van der Waals surface area contributed by atoms with Crippen LogP contribution in [0.2, 0.25) is 0 Å². The largest absolute Gasteiger partial charge is 0.489 e. The van der Waals surface area contributed by atoms with E-state index >= 15 is 0 Å². The summed E-state index contributed by atoms with van der Waals surface area (Å²) in [6.45, 7) is 8.25. The standard InChI is InChI=1S/C20H29N3O4/c1-4-22(5-2)19(24)13-16-14-27-18-7-6-15(12-17(18)21(16)3)20(25)23-8-10-26-11-9-23/h6-7,12,16H,4-5,8-11,13-14H2,1-3H3/t16-/m0/s1. The number of morpholine rings is 1. The lowest BCUT2D eigenvalue weighted by Gasteiger charge is -2.37. The minimum Gasteiger partial charge on any atom is -0.489 e. The molecule has 0 saturated carbocycles. The van der Waals surface area contributed by atoms with Crippen molar-refractivity contribution in [2.75, 3.05) is 57.9 Å². The average Bonchev–Trinajstić information content (AvgIpc) is 2.71. The molecule has 2 heterocycles. The molecule has 7 nitrogen and oxygen atoms in total. The van der Waals surface area contributed by atoms with Gasteiger partial charge in [-0.3, -0.25) is 9.59 Å². The minimum absolute atomic E-state index is 0.0100. The second kappa shape index (κ2) is 8.61. The number of fused-ring (bicyclic) bond motifs is 1. The van der Waals surface area contributed by atoms with Gasteiger partial charge in [-0.15, -0.1) is 0 Å². The number of hydrogen-bond donors (Lipinski definition) is 0. The Morgan fingerprint density at radius 2 is 1.89 bits per heavy atom. The van der Waals surface area contributed by atoms with Gasteiger partial charge in [-0.1, -0.05) is 0 Å². The normalized spacial score (nSPS) is 19.3. The molecule has 0 unspecified atom stereocenters. The first kappa shape index (κ1) is 19.5. The van der Waals surface area contributed by atoms with E-state index in [2.05, 4.69) is 4.90 Å². The third-order valence-corrected chi connectivity index (χ3v) is 5.39. The van der Waals surface area contributed by atoms with Gasteiger partial charge in [-0.2, -0.15) is 0 Å². The smallest absolute Gasteiger partial charge is 0.254 e. The van der Waals surface area contributed by atoms with Crippen molar-refractivity contribution in [3.8, 4) is 5.75 Å². The summed E-state index contributed by atoms with van der Waals surface area (Å²) in [5.41, 5.74) is 1.50. The van der Waals surface area contributed by atoms with Gasteiger partial charge in [0.1, 0.15) is 12.4 Å². The van der Waals surface area contributed by atoms with E-state index in [1.807, 2.05) is 48.9 Å². The number of nitrogens with zero attached hydrogens (tertiary/aromatic N) is 3. The first-order valence-corrected chi connectivity index (χ1v) is 9.69. The number of amides is 2. The first-order valence-electron chi connectivity index (χ1n) is 9.69. The zero-order valence-electron chi connectivity index (χ0n) is 16.4. The molecule has 0 N–H and O–H groups in total. The average molecular weight is 375 g/mol. The molecule has 1 saturated heterocycles. The molecular weight excluding hydrogens is 346 g/mol. The van der Waals surface area contributed by atoms with E-state index in [1.165, 1.54) is 0 Å². The van der Waals surface area contributed by atoms with Gasteiger partial charge in [0.25, 0.3) is 5.91 Å². The Morgan fingerprint density at radius 3 is 2.56 bits per heavy atom. The van der Waals surface area contributed by atoms with Gasteiger partial charge < -0.3 is 24.2 Å². The number of benzene rings is 1. The maximum atomic E-state index is 12.8. The van der Waals surface area contributed by atoms with Crippen LogP contribution in [-0.4, -0.2) is 80.7 Å². The number of anilines is 1. The van der Waals surface area contributed by atoms with E-state index in [9.17, 15) is 9.59 Å². The van der Waals surface area contributed by atoms with Crippen LogP contribution in [0.3, 0.4) is 0 Å². The monoisotopic (exact) mass is 375 g/mol. The number of carbonyl (C=O) groups is 2. The second-order valence-electron chi connectivity index (χ2n) is 6.93. The third-order valence-electron chi connectivity index (χ3n) is 5.39. The molecule has 7 heteroatoms. The van der Waals surface area contributed by atoms with Crippen LogP contribution in [0.5, 0.6) is 5.75 Å². The van der Waals surface area contributed by atoms with E-state index in [0.29, 0.717) is 58.0 Å². The van der Waals surface area contributed by atoms with Gasteiger partial charge in [0.2, 0.25) is 5.91 Å². The van der Waals surface area contributed by atoms with Gasteiger partial charge in [0.05, 0.1) is 31.4 Å². The number of likely N-dealkylation sites (N-methyl/N-ethyl adjacent to an activating group) is 1. The van der Waals surface area contributed by atoms with Crippen LogP contribution in [0, 0.1) is 0 Å². The quantitative estimate of drug-likeness (QED) is 0.783. The summed E-state index contributed by atoms with van der Waals surface area (Å²) in [5.74, 6) is 0.892. The maximum Gasteiger partial charge on any atom is 0.254 e. The van der Waals surface area contributed by atoms with Crippen LogP contribution in [0.25, 0.3) is 0 Å². The van der Waals surface area contributed by atoms with Crippen molar-refractivity contribution in [2.45, 2.75) is 26.3 Å². The lowest BCUT2D eigenvalue weighted by molar-refractivity contribution is -0.131. The highest BCUT2D eigenvalue weighted by Crippen LogP contribution is 2.35. The molecular formula is C20H29N3O4. The van der Waals surface area contributed by atoms with Crippen molar-refractivity contribution in [3.63, 3.8) is 0 Å². The van der Waals surface area contributed by atoms with Crippen LogP contribution in [0.1, 0.15) is 30.6 Å². The first-order chi connectivity index (χ1) is 13.0. The molecule has 2 amide bonds. The fourth-order valence-electron chi connectivity index (χ4n) is 3.59. The number of hydrogen-bond acceptors (Lipinski definition) is 5. The molecule has 3 rings (SSSR count). The van der Waals surface area contributed by atoms with Crippen molar-refractivity contribution in [1.82, 2.24) is 9.80 Å². The summed E-state index contributed by atoms with van der Waals surface area (Å²) < 4.78 is 11.2. The van der Waals surface area contributed by atoms with Crippen LogP contribution >= 0.6 is 0 Å². The van der Waals surface area contributed by atoms with Gasteiger partial charge in [0.15, 0.2) is 0 Å². The van der Waals surface area contributed by atoms with Crippen molar-refractivity contribution < 1.29 is 19.1 Å². The highest BCUT2D eigenvalue weighted by atomic mass is 16.5. The van der Waals surface area contributed by atoms with Crippen LogP contribution in [-0.2, 0) is 9.53 Å². The number of rotatable bonds is 5. The van der Waals surface area contributed by atoms with Gasteiger partial charge in [-0.25, -0.2) is 0 Å². The number of ether oxygens (including phenoxy) is 2. The Morgan fingerprint density at radius 1 is 1.19 bits per heavy atom. The lowest BCUT2D eigenvalue weighted by atomic mass is 10.1. The van der Waals surface area contributed by atoms with Crippen LogP contribution in [0.4, 0.5) is 5.69 Å². The minimum atomic E-state index is -0.0423. The zero-order valence-corrected chi connectivity index (χ0v) is 16.4. The molecule has 0 aromatic heterocycles. The van der Waals surface area contributed by atoms with Crippen molar-refractivity contribution in [1.29, 1.82) is 0 Å². The molecule has 148 valence electrons.